The third kappa shape index (κ3) is 1.78. The SMILES string of the molecule is CCOC(=O)C1=CC=C[C@@H]2C(=O)[C@H]1[C@H]1C[C@H]2CC1=O. The van der Waals surface area contributed by atoms with Crippen molar-refractivity contribution in [2.45, 2.75) is 19.8 Å². The normalized spacial score (nSPS) is 35.9. The van der Waals surface area contributed by atoms with Gasteiger partial charge in [-0.25, -0.2) is 4.79 Å². The summed E-state index contributed by atoms with van der Waals surface area (Å²) in [4.78, 5) is 36.5. The first-order valence-electron chi connectivity index (χ1n) is 6.75. The number of hydrogen-bond acceptors (Lipinski definition) is 4. The molecule has 0 aromatic carbocycles. The van der Waals surface area contributed by atoms with Gasteiger partial charge in [0.1, 0.15) is 11.6 Å². The second-order valence-electron chi connectivity index (χ2n) is 5.41. The Bertz CT molecular complexity index is 514. The fourth-order valence-electron chi connectivity index (χ4n) is 3.60. The Kier molecular flexibility index (Phi) is 2.88. The monoisotopic (exact) mass is 260 g/mol. The van der Waals surface area contributed by atoms with E-state index in [0.29, 0.717) is 12.0 Å². The molecule has 0 N–H and O–H groups in total. The molecule has 3 aliphatic carbocycles. The van der Waals surface area contributed by atoms with Crippen LogP contribution in [0, 0.1) is 23.7 Å². The Morgan fingerprint density at radius 3 is 2.95 bits per heavy atom. The molecule has 0 saturated heterocycles. The molecule has 100 valence electrons. The number of ketones is 2. The summed E-state index contributed by atoms with van der Waals surface area (Å²) in [6.45, 7) is 2.00. The number of fused-ring (bicyclic) bond motifs is 6. The van der Waals surface area contributed by atoms with Crippen LogP contribution in [0.5, 0.6) is 0 Å². The molecular formula is C15H16O4. The lowest BCUT2D eigenvalue weighted by molar-refractivity contribution is -0.142. The summed E-state index contributed by atoms with van der Waals surface area (Å²) >= 11 is 0. The summed E-state index contributed by atoms with van der Waals surface area (Å²) in [5, 5.41) is 0. The van der Waals surface area contributed by atoms with Gasteiger partial charge in [0, 0.05) is 23.8 Å². The number of Topliss-reactive ketones (excluding diaryl/α,β-unsaturated/α-hetero) is 2. The first kappa shape index (κ1) is 12.3. The maximum absolute atomic E-state index is 12.5. The average Bonchev–Trinajstić information content (AvgIpc) is 2.65. The second kappa shape index (κ2) is 4.44. The number of carbonyl (C=O) groups is 3. The summed E-state index contributed by atoms with van der Waals surface area (Å²) in [5.74, 6) is -1.32. The van der Waals surface area contributed by atoms with Crippen molar-refractivity contribution < 1.29 is 19.1 Å². The second-order valence-corrected chi connectivity index (χ2v) is 5.41. The zero-order chi connectivity index (χ0) is 13.6. The highest BCUT2D eigenvalue weighted by atomic mass is 16.5. The molecule has 2 fully saturated rings. The largest absolute Gasteiger partial charge is 0.463 e. The van der Waals surface area contributed by atoms with Crippen LogP contribution < -0.4 is 0 Å². The summed E-state index contributed by atoms with van der Waals surface area (Å²) in [5.41, 5.74) is 0.351. The highest BCUT2D eigenvalue weighted by molar-refractivity contribution is 6.05. The van der Waals surface area contributed by atoms with E-state index in [9.17, 15) is 14.4 Å². The molecular weight excluding hydrogens is 244 g/mol. The molecule has 0 aliphatic heterocycles. The van der Waals surface area contributed by atoms with Gasteiger partial charge in [0.2, 0.25) is 0 Å². The molecule has 0 aromatic rings. The highest BCUT2D eigenvalue weighted by Gasteiger charge is 2.53. The van der Waals surface area contributed by atoms with Crippen molar-refractivity contribution >= 4 is 17.5 Å². The number of hydrogen-bond donors (Lipinski definition) is 0. The molecule has 3 rings (SSSR count). The molecule has 0 radical (unpaired) electrons. The number of allylic oxidation sites excluding steroid dienone is 3. The van der Waals surface area contributed by atoms with Crippen molar-refractivity contribution in [3.63, 3.8) is 0 Å². The molecule has 4 nitrogen and oxygen atoms in total. The van der Waals surface area contributed by atoms with Gasteiger partial charge in [0.25, 0.3) is 0 Å². The number of carbonyl (C=O) groups excluding carboxylic acids is 3. The first-order chi connectivity index (χ1) is 9.13. The standard InChI is InChI=1S/C15H16O4/c1-2-19-15(18)10-5-3-4-9-8-6-11(12(16)7-8)13(10)14(9)17/h3-5,8-9,11,13H,2,6-7H2,1H3/t8-,9-,11-,13+/m0/s1. The Balaban J connectivity index is 2.01. The van der Waals surface area contributed by atoms with Gasteiger partial charge in [0.15, 0.2) is 0 Å². The van der Waals surface area contributed by atoms with E-state index in [1.165, 1.54) is 0 Å². The zero-order valence-electron chi connectivity index (χ0n) is 10.8. The van der Waals surface area contributed by atoms with E-state index in [0.717, 1.165) is 6.42 Å². The van der Waals surface area contributed by atoms with E-state index in [1.54, 1.807) is 19.1 Å². The van der Waals surface area contributed by atoms with Gasteiger partial charge >= 0.3 is 5.97 Å². The van der Waals surface area contributed by atoms with Crippen molar-refractivity contribution in [3.8, 4) is 0 Å². The van der Waals surface area contributed by atoms with Gasteiger partial charge < -0.3 is 4.74 Å². The molecule has 0 heterocycles. The molecule has 4 bridgehead atoms. The van der Waals surface area contributed by atoms with Crippen molar-refractivity contribution in [1.82, 2.24) is 0 Å². The van der Waals surface area contributed by atoms with Crippen molar-refractivity contribution in [1.29, 1.82) is 0 Å². The molecule has 0 amide bonds. The van der Waals surface area contributed by atoms with Crippen LogP contribution in [0.4, 0.5) is 0 Å². The Labute approximate surface area is 111 Å². The molecule has 0 unspecified atom stereocenters. The quantitative estimate of drug-likeness (QED) is 0.705. The first-order valence-corrected chi connectivity index (χ1v) is 6.75. The predicted molar refractivity (Wildman–Crippen MR) is 67.1 cm³/mol. The third-order valence-corrected chi connectivity index (χ3v) is 4.42. The van der Waals surface area contributed by atoms with Crippen LogP contribution in [0.2, 0.25) is 0 Å². The lowest BCUT2D eigenvalue weighted by Crippen LogP contribution is -2.38. The van der Waals surface area contributed by atoms with Crippen LogP contribution in [0.15, 0.2) is 23.8 Å². The van der Waals surface area contributed by atoms with E-state index in [2.05, 4.69) is 0 Å². The van der Waals surface area contributed by atoms with Gasteiger partial charge in [-0.05, 0) is 19.3 Å². The maximum atomic E-state index is 12.5. The zero-order valence-corrected chi connectivity index (χ0v) is 10.8. The van der Waals surface area contributed by atoms with Crippen LogP contribution in [0.25, 0.3) is 0 Å². The Morgan fingerprint density at radius 2 is 2.21 bits per heavy atom. The minimum atomic E-state index is -0.592. The summed E-state index contributed by atoms with van der Waals surface area (Å²) in [6.07, 6.45) is 6.44. The molecule has 0 spiro atoms. The minimum absolute atomic E-state index is 0.0140. The lowest BCUT2D eigenvalue weighted by atomic mass is 9.70. The summed E-state index contributed by atoms with van der Waals surface area (Å²) in [6, 6.07) is 0. The van der Waals surface area contributed by atoms with E-state index < -0.39 is 11.9 Å². The van der Waals surface area contributed by atoms with E-state index in [-0.39, 0.29) is 35.9 Å². The van der Waals surface area contributed by atoms with Crippen LogP contribution in [-0.2, 0) is 19.1 Å². The number of ether oxygens (including phenoxy) is 1. The molecule has 3 aliphatic rings. The van der Waals surface area contributed by atoms with Gasteiger partial charge in [-0.2, -0.15) is 0 Å². The fourth-order valence-corrected chi connectivity index (χ4v) is 3.60. The Morgan fingerprint density at radius 1 is 1.42 bits per heavy atom. The molecule has 4 atom stereocenters. The molecule has 0 aromatic heterocycles. The Hall–Kier alpha value is -1.71. The summed E-state index contributed by atoms with van der Waals surface area (Å²) < 4.78 is 5.01. The van der Waals surface area contributed by atoms with Crippen molar-refractivity contribution in [2.24, 2.45) is 23.7 Å². The molecule has 2 saturated carbocycles. The van der Waals surface area contributed by atoms with Crippen molar-refractivity contribution in [3.05, 3.63) is 23.8 Å². The number of rotatable bonds is 2. The third-order valence-electron chi connectivity index (χ3n) is 4.42. The fraction of sp³-hybridized carbons (Fsp3) is 0.533. The van der Waals surface area contributed by atoms with Crippen LogP contribution in [0.1, 0.15) is 19.8 Å². The maximum Gasteiger partial charge on any atom is 0.334 e. The smallest absolute Gasteiger partial charge is 0.334 e. The number of esters is 1. The van der Waals surface area contributed by atoms with Crippen LogP contribution >= 0.6 is 0 Å². The minimum Gasteiger partial charge on any atom is -0.463 e. The van der Waals surface area contributed by atoms with Crippen molar-refractivity contribution in [2.75, 3.05) is 6.61 Å². The highest BCUT2D eigenvalue weighted by Crippen LogP contribution is 2.48. The lowest BCUT2D eigenvalue weighted by Gasteiger charge is -2.31. The van der Waals surface area contributed by atoms with E-state index in [1.807, 2.05) is 6.08 Å². The van der Waals surface area contributed by atoms with Gasteiger partial charge in [-0.3, -0.25) is 9.59 Å². The van der Waals surface area contributed by atoms with Crippen LogP contribution in [-0.4, -0.2) is 24.1 Å². The van der Waals surface area contributed by atoms with Crippen LogP contribution in [0.3, 0.4) is 0 Å². The summed E-state index contributed by atoms with van der Waals surface area (Å²) in [7, 11) is 0. The van der Waals surface area contributed by atoms with E-state index in [4.69, 9.17) is 4.74 Å². The van der Waals surface area contributed by atoms with E-state index >= 15 is 0 Å². The van der Waals surface area contributed by atoms with Gasteiger partial charge in [0.05, 0.1) is 12.5 Å². The predicted octanol–water partition coefficient (Wildman–Crippen LogP) is 1.46. The molecule has 4 heteroatoms. The topological polar surface area (TPSA) is 60.4 Å². The average molecular weight is 260 g/mol. The molecule has 19 heavy (non-hydrogen) atoms. The van der Waals surface area contributed by atoms with Gasteiger partial charge in [-0.15, -0.1) is 0 Å². The van der Waals surface area contributed by atoms with Gasteiger partial charge in [-0.1, -0.05) is 18.2 Å².